The van der Waals surface area contributed by atoms with Gasteiger partial charge in [0.25, 0.3) is 0 Å². The fraction of sp³-hybridized carbons (Fsp3) is 0.296. The first-order valence-corrected chi connectivity index (χ1v) is 12.1. The molecule has 35 heavy (non-hydrogen) atoms. The molecule has 0 aliphatic heterocycles. The van der Waals surface area contributed by atoms with Crippen LogP contribution in [0.15, 0.2) is 60.7 Å². The van der Waals surface area contributed by atoms with Gasteiger partial charge in [0.1, 0.15) is 5.75 Å². The van der Waals surface area contributed by atoms with Crippen LogP contribution in [-0.4, -0.2) is 33.8 Å². The Labute approximate surface area is 215 Å². The van der Waals surface area contributed by atoms with Crippen LogP contribution in [0.4, 0.5) is 0 Å². The number of halogens is 2. The van der Waals surface area contributed by atoms with Crippen LogP contribution in [0.2, 0.25) is 10.0 Å². The fourth-order valence-corrected chi connectivity index (χ4v) is 4.40. The molecule has 1 unspecified atom stereocenters. The van der Waals surface area contributed by atoms with E-state index in [1.807, 2.05) is 31.2 Å². The molecule has 1 amide bonds. The monoisotopic (exact) mass is 516 g/mol. The van der Waals surface area contributed by atoms with Crippen molar-refractivity contribution in [2.75, 3.05) is 6.54 Å². The summed E-state index contributed by atoms with van der Waals surface area (Å²) in [6.07, 6.45) is 0.213. The van der Waals surface area contributed by atoms with Crippen LogP contribution >= 0.6 is 23.2 Å². The molecule has 0 bridgehead atoms. The quantitative estimate of drug-likeness (QED) is 0.261. The van der Waals surface area contributed by atoms with Gasteiger partial charge in [0.05, 0.1) is 19.1 Å². The van der Waals surface area contributed by atoms with E-state index in [0.29, 0.717) is 34.3 Å². The Morgan fingerprint density at radius 1 is 0.971 bits per heavy atom. The number of aromatic hydroxyl groups is 1. The zero-order valence-electron chi connectivity index (χ0n) is 19.5. The number of nitrogens with one attached hydrogen (secondary N) is 2. The molecule has 0 spiro atoms. The van der Waals surface area contributed by atoms with E-state index in [1.54, 1.807) is 30.3 Å². The molecule has 3 aromatic rings. The lowest BCUT2D eigenvalue weighted by Crippen LogP contribution is -2.32. The van der Waals surface area contributed by atoms with E-state index < -0.39 is 6.10 Å². The minimum Gasteiger partial charge on any atom is -0.508 e. The van der Waals surface area contributed by atoms with Gasteiger partial charge in [-0.25, -0.2) is 0 Å². The lowest BCUT2D eigenvalue weighted by Gasteiger charge is -2.18. The van der Waals surface area contributed by atoms with Gasteiger partial charge in [-0.15, -0.1) is 0 Å². The van der Waals surface area contributed by atoms with E-state index in [9.17, 15) is 20.1 Å². The van der Waals surface area contributed by atoms with Crippen molar-refractivity contribution in [1.82, 2.24) is 10.6 Å². The van der Waals surface area contributed by atoms with Gasteiger partial charge in [0.2, 0.25) is 5.91 Å². The lowest BCUT2D eigenvalue weighted by molar-refractivity contribution is -0.120. The van der Waals surface area contributed by atoms with E-state index in [0.717, 1.165) is 23.1 Å². The lowest BCUT2D eigenvalue weighted by atomic mass is 10.0. The summed E-state index contributed by atoms with van der Waals surface area (Å²) in [6.45, 7) is 2.41. The third-order valence-electron chi connectivity index (χ3n) is 5.63. The third kappa shape index (κ3) is 8.53. The molecular formula is C27H30Cl2N2O4. The number of rotatable bonds is 11. The summed E-state index contributed by atoms with van der Waals surface area (Å²) in [5.74, 6) is -0.0871. The highest BCUT2D eigenvalue weighted by molar-refractivity contribution is 6.34. The van der Waals surface area contributed by atoms with Gasteiger partial charge < -0.3 is 26.0 Å². The number of phenols is 1. The minimum atomic E-state index is -0.771. The summed E-state index contributed by atoms with van der Waals surface area (Å²) in [5.41, 5.74) is 3.84. The largest absolute Gasteiger partial charge is 0.508 e. The van der Waals surface area contributed by atoms with Gasteiger partial charge in [-0.3, -0.25) is 4.79 Å². The number of aliphatic hydroxyl groups excluding tert-OH is 2. The second-order valence-corrected chi connectivity index (χ2v) is 9.50. The molecule has 0 aliphatic rings. The van der Waals surface area contributed by atoms with Gasteiger partial charge in [0, 0.05) is 34.7 Å². The fourth-order valence-electron chi connectivity index (χ4n) is 3.82. The summed E-state index contributed by atoms with van der Waals surface area (Å²) >= 11 is 12.0. The molecule has 5 N–H and O–H groups in total. The van der Waals surface area contributed by atoms with Crippen LogP contribution in [0.5, 0.6) is 5.75 Å². The van der Waals surface area contributed by atoms with Gasteiger partial charge in [-0.2, -0.15) is 0 Å². The molecule has 0 aromatic heterocycles. The molecule has 0 fully saturated rings. The number of carbonyl (C=O) groups is 1. The summed E-state index contributed by atoms with van der Waals surface area (Å²) < 4.78 is 0. The number of aliphatic hydroxyl groups is 2. The average molecular weight is 517 g/mol. The Balaban J connectivity index is 1.48. The predicted octanol–water partition coefficient (Wildman–Crippen LogP) is 4.30. The van der Waals surface area contributed by atoms with Crippen LogP contribution in [0.1, 0.15) is 40.8 Å². The number of benzene rings is 3. The molecule has 2 atom stereocenters. The smallest absolute Gasteiger partial charge is 0.224 e. The molecule has 3 rings (SSSR count). The van der Waals surface area contributed by atoms with Crippen molar-refractivity contribution in [2.24, 2.45) is 0 Å². The Bertz CT molecular complexity index is 1140. The zero-order chi connectivity index (χ0) is 25.4. The highest BCUT2D eigenvalue weighted by Crippen LogP contribution is 2.22. The number of hydrogen-bond donors (Lipinski definition) is 5. The minimum absolute atomic E-state index is 0.00667. The molecule has 3 aromatic carbocycles. The van der Waals surface area contributed by atoms with Crippen LogP contribution < -0.4 is 10.6 Å². The maximum atomic E-state index is 12.4. The second kappa shape index (κ2) is 12.9. The first-order chi connectivity index (χ1) is 16.7. The van der Waals surface area contributed by atoms with Gasteiger partial charge >= 0.3 is 0 Å². The first-order valence-electron chi connectivity index (χ1n) is 11.4. The van der Waals surface area contributed by atoms with E-state index in [4.69, 9.17) is 23.2 Å². The van der Waals surface area contributed by atoms with E-state index >= 15 is 0 Å². The molecule has 0 saturated heterocycles. The highest BCUT2D eigenvalue weighted by Gasteiger charge is 2.13. The van der Waals surface area contributed by atoms with Crippen LogP contribution in [0.3, 0.4) is 0 Å². The molecule has 6 nitrogen and oxygen atoms in total. The van der Waals surface area contributed by atoms with Crippen molar-refractivity contribution in [1.29, 1.82) is 0 Å². The second-order valence-electron chi connectivity index (χ2n) is 8.63. The summed E-state index contributed by atoms with van der Waals surface area (Å²) in [6, 6.07) is 17.9. The van der Waals surface area contributed by atoms with Gasteiger partial charge in [-0.1, -0.05) is 53.5 Å². The Morgan fingerprint density at radius 3 is 2.40 bits per heavy atom. The van der Waals surface area contributed by atoms with Crippen molar-refractivity contribution in [2.45, 2.75) is 45.1 Å². The van der Waals surface area contributed by atoms with E-state index in [-0.39, 0.29) is 30.7 Å². The van der Waals surface area contributed by atoms with Crippen LogP contribution in [0.25, 0.3) is 0 Å². The average Bonchev–Trinajstić information content (AvgIpc) is 2.81. The van der Waals surface area contributed by atoms with E-state index in [1.165, 1.54) is 6.07 Å². The van der Waals surface area contributed by atoms with Crippen molar-refractivity contribution in [3.8, 4) is 5.75 Å². The maximum Gasteiger partial charge on any atom is 0.224 e. The molecule has 0 aliphatic carbocycles. The molecule has 0 radical (unpaired) electrons. The van der Waals surface area contributed by atoms with Crippen LogP contribution in [-0.2, 0) is 30.8 Å². The molecular weight excluding hydrogens is 487 g/mol. The van der Waals surface area contributed by atoms with Crippen molar-refractivity contribution >= 4 is 29.1 Å². The van der Waals surface area contributed by atoms with E-state index in [2.05, 4.69) is 10.6 Å². The van der Waals surface area contributed by atoms with Gasteiger partial charge in [-0.05, 0) is 65.9 Å². The summed E-state index contributed by atoms with van der Waals surface area (Å²) in [5, 5.41) is 36.7. The van der Waals surface area contributed by atoms with Gasteiger partial charge in [0.15, 0.2) is 0 Å². The zero-order valence-corrected chi connectivity index (χ0v) is 21.0. The Kier molecular flexibility index (Phi) is 9.95. The predicted molar refractivity (Wildman–Crippen MR) is 139 cm³/mol. The number of carbonyl (C=O) groups excluding carboxylic acids is 1. The highest BCUT2D eigenvalue weighted by atomic mass is 35.5. The Morgan fingerprint density at radius 2 is 1.69 bits per heavy atom. The normalized spacial score (nSPS) is 12.8. The SMILES string of the molecule is CC(Cc1cccc(CC(=O)NCc2cc(Cl)cc(Cl)c2)c1)NC[C@H](O)c1ccc(O)c(CO)c1. The standard InChI is InChI=1S/C27H30Cl2N2O4/c1-17(30-15-26(34)21-5-6-25(33)22(12-21)16-32)7-18-3-2-4-19(8-18)11-27(35)31-14-20-9-23(28)13-24(29)10-20/h2-6,8-10,12-13,17,26,30,32-34H,7,11,14-16H2,1H3,(H,31,35)/t17?,26-/m0/s1. The van der Waals surface area contributed by atoms with Crippen molar-refractivity contribution in [3.05, 3.63) is 98.5 Å². The summed E-state index contributed by atoms with van der Waals surface area (Å²) in [7, 11) is 0. The maximum absolute atomic E-state index is 12.4. The third-order valence-corrected chi connectivity index (χ3v) is 6.06. The molecule has 186 valence electrons. The molecule has 0 saturated carbocycles. The van der Waals surface area contributed by atoms with Crippen LogP contribution in [0, 0.1) is 0 Å². The number of hydrogen-bond acceptors (Lipinski definition) is 5. The molecule has 8 heteroatoms. The van der Waals surface area contributed by atoms with Crippen molar-refractivity contribution in [3.63, 3.8) is 0 Å². The topological polar surface area (TPSA) is 102 Å². The number of amides is 1. The van der Waals surface area contributed by atoms with Crippen molar-refractivity contribution < 1.29 is 20.1 Å². The molecule has 0 heterocycles. The Hall–Kier alpha value is -2.61. The first kappa shape index (κ1) is 27.0. The summed E-state index contributed by atoms with van der Waals surface area (Å²) in [4.78, 5) is 12.4.